The molecule has 2 rings (SSSR count). The number of nitrogens with zero attached hydrogens (tertiary/aromatic N) is 1. The van der Waals surface area contributed by atoms with E-state index < -0.39 is 10.3 Å². The van der Waals surface area contributed by atoms with Crippen molar-refractivity contribution < 1.29 is 9.53 Å². The van der Waals surface area contributed by atoms with Crippen LogP contribution in [0.1, 0.15) is 45.9 Å². The quantitative estimate of drug-likeness (QED) is 0.673. The van der Waals surface area contributed by atoms with Gasteiger partial charge in [0.2, 0.25) is 0 Å². The molecule has 0 radical (unpaired) electrons. The summed E-state index contributed by atoms with van der Waals surface area (Å²) in [6, 6.07) is 2.11. The zero-order valence-electron chi connectivity index (χ0n) is 14.3. The summed E-state index contributed by atoms with van der Waals surface area (Å²) in [5.74, 6) is -0.225. The van der Waals surface area contributed by atoms with Crippen molar-refractivity contribution >= 4 is 28.6 Å². The summed E-state index contributed by atoms with van der Waals surface area (Å²) in [5, 5.41) is 2.01. The highest BCUT2D eigenvalue weighted by Gasteiger charge is 2.34. The maximum Gasteiger partial charge on any atom is 0.322 e. The molecule has 0 atom stereocenters. The number of pyridine rings is 1. The van der Waals surface area contributed by atoms with Gasteiger partial charge >= 0.3 is 5.97 Å². The van der Waals surface area contributed by atoms with E-state index in [4.69, 9.17) is 4.74 Å². The highest BCUT2D eigenvalue weighted by atomic mass is 32.2. The summed E-state index contributed by atoms with van der Waals surface area (Å²) < 4.78 is 4.82. The monoisotopic (exact) mass is 320 g/mol. The Morgan fingerprint density at radius 1 is 1.23 bits per heavy atom. The number of carbonyl (C=O) groups excluding carboxylic acids is 1. The summed E-state index contributed by atoms with van der Waals surface area (Å²) in [6.45, 7) is 13.4. The maximum atomic E-state index is 12.4. The minimum atomic E-state index is -0.690. The van der Waals surface area contributed by atoms with Gasteiger partial charge in [0.15, 0.2) is 0 Å². The predicted octanol–water partition coefficient (Wildman–Crippen LogP) is 4.39. The normalized spacial score (nSPS) is 12.7. The molecule has 0 saturated heterocycles. The minimum absolute atomic E-state index is 0.225. The zero-order valence-corrected chi connectivity index (χ0v) is 15.1. The van der Waals surface area contributed by atoms with Crippen LogP contribution in [0.5, 0.6) is 0 Å². The van der Waals surface area contributed by atoms with Crippen LogP contribution < -0.4 is 0 Å². The van der Waals surface area contributed by atoms with Crippen LogP contribution >= 0.6 is 11.8 Å². The molecule has 2 aromatic rings. The molecule has 2 aromatic heterocycles. The number of thioether (sulfide) groups is 1. The summed E-state index contributed by atoms with van der Waals surface area (Å²) in [5.41, 5.74) is 2.73. The number of hydrogen-bond donors (Lipinski definition) is 1. The Balaban J connectivity index is 2.29. The Labute approximate surface area is 136 Å². The molecule has 0 aliphatic carbocycles. The molecule has 22 heavy (non-hydrogen) atoms. The molecule has 0 aliphatic rings. The van der Waals surface area contributed by atoms with Crippen LogP contribution in [-0.2, 0) is 9.53 Å². The lowest BCUT2D eigenvalue weighted by molar-refractivity contribution is -0.156. The summed E-state index contributed by atoms with van der Waals surface area (Å²) in [4.78, 5) is 20.2. The third kappa shape index (κ3) is 3.64. The van der Waals surface area contributed by atoms with Crippen molar-refractivity contribution in [2.45, 2.75) is 63.8 Å². The van der Waals surface area contributed by atoms with Crippen LogP contribution in [0.15, 0.2) is 17.3 Å². The average molecular weight is 320 g/mol. The average Bonchev–Trinajstić information content (AvgIpc) is 2.72. The number of hydrogen-bond acceptors (Lipinski definition) is 4. The van der Waals surface area contributed by atoms with Crippen molar-refractivity contribution in [1.29, 1.82) is 0 Å². The smallest absolute Gasteiger partial charge is 0.322 e. The number of aryl methyl sites for hydroxylation is 2. The van der Waals surface area contributed by atoms with E-state index >= 15 is 0 Å². The molecule has 4 nitrogen and oxygen atoms in total. The van der Waals surface area contributed by atoms with Crippen LogP contribution in [0.4, 0.5) is 0 Å². The van der Waals surface area contributed by atoms with Crippen molar-refractivity contribution in [2.24, 2.45) is 0 Å². The number of carbonyl (C=O) groups is 1. The van der Waals surface area contributed by atoms with Gasteiger partial charge in [0.05, 0.1) is 11.7 Å². The van der Waals surface area contributed by atoms with Crippen molar-refractivity contribution in [3.05, 3.63) is 23.5 Å². The lowest BCUT2D eigenvalue weighted by Crippen LogP contribution is -2.36. The van der Waals surface area contributed by atoms with Gasteiger partial charge in [-0.2, -0.15) is 0 Å². The first-order valence-electron chi connectivity index (χ1n) is 7.37. The molecule has 2 heterocycles. The van der Waals surface area contributed by atoms with Gasteiger partial charge in [-0.05, 0) is 60.1 Å². The van der Waals surface area contributed by atoms with Gasteiger partial charge in [-0.25, -0.2) is 4.98 Å². The summed E-state index contributed by atoms with van der Waals surface area (Å²) in [6.07, 6.45) is 1.82. The number of ether oxygens (including phenoxy) is 1. The third-order valence-corrected chi connectivity index (χ3v) is 4.54. The van der Waals surface area contributed by atoms with Gasteiger partial charge in [-0.3, -0.25) is 4.79 Å². The first-order valence-corrected chi connectivity index (χ1v) is 8.18. The second kappa shape index (κ2) is 5.61. The molecule has 0 amide bonds. The van der Waals surface area contributed by atoms with E-state index in [0.717, 1.165) is 27.2 Å². The van der Waals surface area contributed by atoms with E-state index in [1.165, 1.54) is 11.8 Å². The fourth-order valence-corrected chi connectivity index (χ4v) is 3.12. The second-order valence-corrected chi connectivity index (χ2v) is 8.69. The van der Waals surface area contributed by atoms with E-state index in [0.29, 0.717) is 0 Å². The number of H-pyrrole nitrogens is 1. The molecule has 0 spiro atoms. The topological polar surface area (TPSA) is 55.0 Å². The van der Waals surface area contributed by atoms with Crippen LogP contribution in [0.25, 0.3) is 10.9 Å². The Hall–Kier alpha value is -1.49. The van der Waals surface area contributed by atoms with Crippen LogP contribution in [0.2, 0.25) is 0 Å². The van der Waals surface area contributed by atoms with Gasteiger partial charge in [-0.1, -0.05) is 11.8 Å². The Bertz CT molecular complexity index is 711. The van der Waals surface area contributed by atoms with Crippen LogP contribution in [0, 0.1) is 13.8 Å². The predicted molar refractivity (Wildman–Crippen MR) is 91.3 cm³/mol. The molecule has 0 bridgehead atoms. The van der Waals surface area contributed by atoms with Crippen molar-refractivity contribution in [3.63, 3.8) is 0 Å². The summed E-state index contributed by atoms with van der Waals surface area (Å²) >= 11 is 1.45. The first kappa shape index (κ1) is 16.9. The van der Waals surface area contributed by atoms with Gasteiger partial charge < -0.3 is 9.72 Å². The van der Waals surface area contributed by atoms with E-state index in [-0.39, 0.29) is 5.97 Å². The van der Waals surface area contributed by atoms with Crippen molar-refractivity contribution in [3.8, 4) is 0 Å². The molecule has 0 fully saturated rings. The second-order valence-electron chi connectivity index (χ2n) is 7.08. The van der Waals surface area contributed by atoms with Crippen molar-refractivity contribution in [1.82, 2.24) is 9.97 Å². The van der Waals surface area contributed by atoms with Gasteiger partial charge in [0, 0.05) is 11.1 Å². The largest absolute Gasteiger partial charge is 0.459 e. The zero-order chi connectivity index (χ0) is 16.7. The number of aromatic nitrogens is 2. The Morgan fingerprint density at radius 2 is 1.86 bits per heavy atom. The molecule has 0 aliphatic heterocycles. The van der Waals surface area contributed by atoms with E-state index in [1.54, 1.807) is 0 Å². The molecule has 5 heteroatoms. The number of aromatic amines is 1. The molecule has 0 saturated carbocycles. The van der Waals surface area contributed by atoms with Gasteiger partial charge in [0.1, 0.15) is 15.4 Å². The van der Waals surface area contributed by atoms with Crippen LogP contribution in [-0.4, -0.2) is 26.3 Å². The lowest BCUT2D eigenvalue weighted by atomic mass is 10.1. The van der Waals surface area contributed by atoms with E-state index in [9.17, 15) is 4.79 Å². The summed E-state index contributed by atoms with van der Waals surface area (Å²) in [7, 11) is 0. The highest BCUT2D eigenvalue weighted by molar-refractivity contribution is 8.01. The number of esters is 1. The highest BCUT2D eigenvalue weighted by Crippen LogP contribution is 2.37. The number of fused-ring (bicyclic) bond motifs is 1. The lowest BCUT2D eigenvalue weighted by Gasteiger charge is -2.28. The SMILES string of the molecule is Cc1cc2c(C)c(SC(C)(C)C(=O)OC(C)(C)C)ncc2[nH]1. The van der Waals surface area contributed by atoms with E-state index in [2.05, 4.69) is 16.0 Å². The standard InChI is InChI=1S/C17H24N2O2S/c1-10-8-12-11(2)14(18-9-13(12)19-10)22-17(6,7)15(20)21-16(3,4)5/h8-9,19H,1-7H3. The number of rotatable bonds is 3. The molecular weight excluding hydrogens is 296 g/mol. The Kier molecular flexibility index (Phi) is 4.30. The van der Waals surface area contributed by atoms with Gasteiger partial charge in [-0.15, -0.1) is 0 Å². The molecular formula is C17H24N2O2S. The maximum absolute atomic E-state index is 12.4. The number of nitrogens with one attached hydrogen (secondary N) is 1. The molecule has 0 unspecified atom stereocenters. The minimum Gasteiger partial charge on any atom is -0.459 e. The first-order chi connectivity index (χ1) is 9.99. The fraction of sp³-hybridized carbons (Fsp3) is 0.529. The fourth-order valence-electron chi connectivity index (χ4n) is 2.14. The third-order valence-electron chi connectivity index (χ3n) is 3.26. The van der Waals surface area contributed by atoms with Gasteiger partial charge in [0.25, 0.3) is 0 Å². The van der Waals surface area contributed by atoms with Crippen LogP contribution in [0.3, 0.4) is 0 Å². The Morgan fingerprint density at radius 3 is 2.45 bits per heavy atom. The molecule has 1 N–H and O–H groups in total. The van der Waals surface area contributed by atoms with E-state index in [1.807, 2.05) is 54.7 Å². The molecule has 0 aromatic carbocycles. The van der Waals surface area contributed by atoms with Crippen molar-refractivity contribution in [2.75, 3.05) is 0 Å². The molecule has 120 valence electrons.